The molecule has 0 aliphatic heterocycles. The van der Waals surface area contributed by atoms with Crippen LogP contribution >= 0.6 is 0 Å². The molecule has 3 heterocycles. The third-order valence-electron chi connectivity index (χ3n) is 5.35. The number of hydrogen-bond acceptors (Lipinski definition) is 3. The summed E-state index contributed by atoms with van der Waals surface area (Å²) in [6.07, 6.45) is 3.34. The third-order valence-corrected chi connectivity index (χ3v) is 5.35. The van der Waals surface area contributed by atoms with E-state index in [2.05, 4.69) is 57.2 Å². The fraction of sp³-hybridized carbons (Fsp3) is 0.115. The van der Waals surface area contributed by atoms with Gasteiger partial charge < -0.3 is 8.83 Å². The molecule has 142 valence electrons. The lowest BCUT2D eigenvalue weighted by Gasteiger charge is -2.10. The minimum Gasteiger partial charge on any atom is -0.463 e. The number of aryl methyl sites for hydroxylation is 3. The summed E-state index contributed by atoms with van der Waals surface area (Å²) in [4.78, 5) is 4.79. The van der Waals surface area contributed by atoms with Crippen molar-refractivity contribution in [3.05, 3.63) is 89.9 Å². The van der Waals surface area contributed by atoms with Gasteiger partial charge in [0.1, 0.15) is 11.4 Å². The molecule has 0 aromatic carbocycles. The molecule has 3 aromatic rings. The molecule has 29 heavy (non-hydrogen) atoms. The molecular formula is C26H21NO2. The first-order valence-corrected chi connectivity index (χ1v) is 9.71. The van der Waals surface area contributed by atoms with Crippen LogP contribution in [0.2, 0.25) is 0 Å². The summed E-state index contributed by atoms with van der Waals surface area (Å²) in [5, 5.41) is 0. The highest BCUT2D eigenvalue weighted by molar-refractivity contribution is 5.91. The van der Waals surface area contributed by atoms with Gasteiger partial charge in [0.25, 0.3) is 0 Å². The number of nitrogens with zero attached hydrogens (tertiary/aromatic N) is 1. The fourth-order valence-corrected chi connectivity index (χ4v) is 4.13. The summed E-state index contributed by atoms with van der Waals surface area (Å²) in [5.41, 5.74) is 10.2. The number of aromatic nitrogens is 1. The van der Waals surface area contributed by atoms with Gasteiger partial charge in [0.05, 0.1) is 12.5 Å². The molecule has 0 bridgehead atoms. The van der Waals surface area contributed by atoms with Gasteiger partial charge in [-0.15, -0.1) is 0 Å². The number of fused-ring (bicyclic) bond motifs is 1. The lowest BCUT2D eigenvalue weighted by molar-refractivity contribution is 0.576. The molecule has 3 nitrogen and oxygen atoms in total. The van der Waals surface area contributed by atoms with Gasteiger partial charge >= 0.3 is 0 Å². The van der Waals surface area contributed by atoms with Gasteiger partial charge in [0.2, 0.25) is 0 Å². The van der Waals surface area contributed by atoms with Crippen molar-refractivity contribution >= 4 is 0 Å². The summed E-state index contributed by atoms with van der Waals surface area (Å²) in [6.45, 7) is 6.50. The fourth-order valence-electron chi connectivity index (χ4n) is 4.13. The van der Waals surface area contributed by atoms with Crippen molar-refractivity contribution in [3.8, 4) is 45.2 Å². The topological polar surface area (TPSA) is 39.2 Å². The van der Waals surface area contributed by atoms with E-state index in [4.69, 9.17) is 13.8 Å². The maximum absolute atomic E-state index is 5.63. The van der Waals surface area contributed by atoms with Gasteiger partial charge in [-0.3, -0.25) is 0 Å². The van der Waals surface area contributed by atoms with Crippen molar-refractivity contribution in [3.63, 3.8) is 0 Å². The van der Waals surface area contributed by atoms with Crippen LogP contribution < -0.4 is 0 Å². The minimum atomic E-state index is 0.741. The molecule has 3 heteroatoms. The SMILES string of the molecule is Cc1cc(C)c2ccc(-c3cc(-c4ccco4)nc(-c4ccco4)c3)c-2c(C)c1. The molecule has 0 fully saturated rings. The molecule has 2 aliphatic carbocycles. The van der Waals surface area contributed by atoms with E-state index >= 15 is 0 Å². The van der Waals surface area contributed by atoms with E-state index in [1.54, 1.807) is 12.5 Å². The molecule has 0 atom stereocenters. The molecule has 0 radical (unpaired) electrons. The number of rotatable bonds is 3. The Morgan fingerprint density at radius 2 is 1.24 bits per heavy atom. The van der Waals surface area contributed by atoms with Crippen LogP contribution in [0.5, 0.6) is 0 Å². The zero-order chi connectivity index (χ0) is 20.0. The van der Waals surface area contributed by atoms with E-state index < -0.39 is 0 Å². The summed E-state index contributed by atoms with van der Waals surface area (Å²) >= 11 is 0. The molecular weight excluding hydrogens is 358 g/mol. The van der Waals surface area contributed by atoms with Crippen LogP contribution in [0.3, 0.4) is 0 Å². The van der Waals surface area contributed by atoms with Gasteiger partial charge in [-0.1, -0.05) is 29.8 Å². The lowest BCUT2D eigenvalue weighted by Crippen LogP contribution is -1.90. The predicted octanol–water partition coefficient (Wildman–Crippen LogP) is 7.30. The Bertz CT molecular complexity index is 1210. The van der Waals surface area contributed by atoms with Crippen molar-refractivity contribution in [2.24, 2.45) is 0 Å². The van der Waals surface area contributed by atoms with Gasteiger partial charge in [-0.25, -0.2) is 4.98 Å². The number of pyridine rings is 1. The van der Waals surface area contributed by atoms with Crippen LogP contribution in [-0.2, 0) is 0 Å². The summed E-state index contributed by atoms with van der Waals surface area (Å²) in [7, 11) is 0. The highest BCUT2D eigenvalue weighted by Gasteiger charge is 2.18. The van der Waals surface area contributed by atoms with E-state index in [9.17, 15) is 0 Å². The van der Waals surface area contributed by atoms with Crippen LogP contribution in [0.25, 0.3) is 45.2 Å². The Labute approximate surface area is 170 Å². The first-order valence-electron chi connectivity index (χ1n) is 9.71. The molecule has 0 spiro atoms. The maximum atomic E-state index is 5.63. The van der Waals surface area contributed by atoms with Gasteiger partial charge in [0, 0.05) is 0 Å². The van der Waals surface area contributed by atoms with E-state index in [1.807, 2.05) is 24.3 Å². The molecule has 0 unspecified atom stereocenters. The Balaban J connectivity index is 1.77. The largest absolute Gasteiger partial charge is 0.463 e. The molecule has 2 aliphatic rings. The van der Waals surface area contributed by atoms with E-state index in [0.29, 0.717) is 0 Å². The summed E-state index contributed by atoms with van der Waals surface area (Å²) in [5.74, 6) is 1.48. The second-order valence-corrected chi connectivity index (χ2v) is 7.52. The first-order chi connectivity index (χ1) is 14.1. The molecule has 0 N–H and O–H groups in total. The zero-order valence-corrected chi connectivity index (χ0v) is 16.7. The molecule has 3 aromatic heterocycles. The summed E-state index contributed by atoms with van der Waals surface area (Å²) in [6, 6.07) is 20.7. The Morgan fingerprint density at radius 3 is 1.83 bits per heavy atom. The predicted molar refractivity (Wildman–Crippen MR) is 116 cm³/mol. The maximum Gasteiger partial charge on any atom is 0.152 e. The second kappa shape index (κ2) is 6.78. The number of hydrogen-bond donors (Lipinski definition) is 0. The third kappa shape index (κ3) is 3.05. The minimum absolute atomic E-state index is 0.741. The Morgan fingerprint density at radius 1 is 0.655 bits per heavy atom. The van der Waals surface area contributed by atoms with Crippen molar-refractivity contribution in [1.82, 2.24) is 4.98 Å². The average molecular weight is 379 g/mol. The molecule has 0 saturated heterocycles. The normalized spacial score (nSPS) is 11.3. The molecule has 0 saturated carbocycles. The van der Waals surface area contributed by atoms with Crippen LogP contribution in [0.15, 0.2) is 82.0 Å². The first kappa shape index (κ1) is 17.5. The molecule has 5 rings (SSSR count). The highest BCUT2D eigenvalue weighted by atomic mass is 16.3. The van der Waals surface area contributed by atoms with Gasteiger partial charge in [-0.2, -0.15) is 0 Å². The van der Waals surface area contributed by atoms with Gasteiger partial charge in [-0.05, 0) is 90.6 Å². The Kier molecular flexibility index (Phi) is 4.09. The van der Waals surface area contributed by atoms with Crippen molar-refractivity contribution in [1.29, 1.82) is 0 Å². The van der Waals surface area contributed by atoms with Crippen molar-refractivity contribution < 1.29 is 8.83 Å². The van der Waals surface area contributed by atoms with Crippen LogP contribution in [0.4, 0.5) is 0 Å². The lowest BCUT2D eigenvalue weighted by atomic mass is 9.96. The highest BCUT2D eigenvalue weighted by Crippen LogP contribution is 2.41. The second-order valence-electron chi connectivity index (χ2n) is 7.52. The van der Waals surface area contributed by atoms with Crippen molar-refractivity contribution in [2.75, 3.05) is 0 Å². The van der Waals surface area contributed by atoms with E-state index in [-0.39, 0.29) is 0 Å². The van der Waals surface area contributed by atoms with Crippen molar-refractivity contribution in [2.45, 2.75) is 20.8 Å². The quantitative estimate of drug-likeness (QED) is 0.330. The summed E-state index contributed by atoms with van der Waals surface area (Å²) < 4.78 is 11.3. The monoisotopic (exact) mass is 379 g/mol. The Hall–Kier alpha value is -3.59. The number of furan rings is 2. The average Bonchev–Trinajstić information content (AvgIpc) is 3.48. The van der Waals surface area contributed by atoms with Crippen LogP contribution in [0, 0.1) is 20.8 Å². The van der Waals surface area contributed by atoms with E-state index in [0.717, 1.165) is 28.5 Å². The molecule has 0 amide bonds. The van der Waals surface area contributed by atoms with Crippen LogP contribution in [0.1, 0.15) is 16.7 Å². The van der Waals surface area contributed by atoms with Crippen LogP contribution in [-0.4, -0.2) is 4.98 Å². The standard InChI is InChI=1S/C26H21NO2/c1-16-12-17(2)20-8-9-21(26(20)18(3)13-16)19-14-22(24-6-4-10-28-24)27-23(15-19)25-7-5-11-29-25/h4-15H,1-3H3. The smallest absolute Gasteiger partial charge is 0.152 e. The van der Waals surface area contributed by atoms with E-state index in [1.165, 1.54) is 33.4 Å². The van der Waals surface area contributed by atoms with Gasteiger partial charge in [0.15, 0.2) is 11.5 Å². The zero-order valence-electron chi connectivity index (χ0n) is 16.7.